The van der Waals surface area contributed by atoms with Crippen molar-refractivity contribution in [1.29, 1.82) is 0 Å². The molecule has 0 aliphatic heterocycles. The van der Waals surface area contributed by atoms with E-state index in [-0.39, 0.29) is 32.5 Å². The topological polar surface area (TPSA) is 0 Å². The van der Waals surface area contributed by atoms with Crippen LogP contribution in [0.3, 0.4) is 0 Å². The maximum atomic E-state index is 13.6. The van der Waals surface area contributed by atoms with Gasteiger partial charge in [0.25, 0.3) is 0 Å². The highest BCUT2D eigenvalue weighted by Crippen LogP contribution is 2.62. The van der Waals surface area contributed by atoms with Gasteiger partial charge >= 0.3 is 12.4 Å². The summed E-state index contributed by atoms with van der Waals surface area (Å²) in [5, 5.41) is 2.57. The molecular weight excluding hydrogens is 2510 g/mol. The van der Waals surface area contributed by atoms with Crippen LogP contribution in [-0.4, -0.2) is 12.4 Å². The first kappa shape index (κ1) is 111. The molecule has 0 saturated carbocycles. The summed E-state index contributed by atoms with van der Waals surface area (Å²) < 4.78 is 91.4. The summed E-state index contributed by atoms with van der Waals surface area (Å²) in [4.78, 5) is 0. The Morgan fingerprint density at radius 1 is 0.238 bits per heavy atom. The molecule has 0 radical (unpaired) electrons. The summed E-state index contributed by atoms with van der Waals surface area (Å²) in [5.74, 6) is 0. The van der Waals surface area contributed by atoms with Gasteiger partial charge in [-0.15, -0.1) is 0 Å². The molecule has 2 atom stereocenters. The van der Waals surface area contributed by atoms with Crippen molar-refractivity contribution in [1.82, 2.24) is 0 Å². The second kappa shape index (κ2) is 43.1. The summed E-state index contributed by atoms with van der Waals surface area (Å²) >= 11 is 29.1. The largest absolute Gasteiger partial charge is 0.402 e. The third-order valence-electron chi connectivity index (χ3n) is 31.6. The fourth-order valence-corrected chi connectivity index (χ4v) is 26.5. The third kappa shape index (κ3) is 21.0. The van der Waals surface area contributed by atoms with E-state index < -0.39 is 23.2 Å². The molecule has 752 valence electrons. The van der Waals surface area contributed by atoms with Crippen molar-refractivity contribution in [3.63, 3.8) is 0 Å². The van der Waals surface area contributed by atoms with E-state index in [1.165, 1.54) is 185 Å². The van der Waals surface area contributed by atoms with Crippen molar-refractivity contribution in [3.8, 4) is 77.9 Å². The predicted octanol–water partition coefficient (Wildman–Crippen LogP) is 43.7. The Labute approximate surface area is 951 Å². The zero-order valence-electron chi connectivity index (χ0n) is 86.3. The average Bonchev–Trinajstić information content (AvgIpc) is 1.57. The molecule has 0 bridgehead atoms. The molecule has 0 N–H and O–H groups in total. The highest BCUT2D eigenvalue weighted by atomic mass is 127. The Morgan fingerprint density at radius 3 is 0.973 bits per heavy atom. The van der Waals surface area contributed by atoms with Gasteiger partial charge in [-0.2, -0.15) is 26.3 Å². The number of aryl methyl sites for hydroxylation is 1. The van der Waals surface area contributed by atoms with E-state index in [4.69, 9.17) is 0 Å². The van der Waals surface area contributed by atoms with Gasteiger partial charge in [-0.05, 0) is 415 Å². The van der Waals surface area contributed by atoms with Crippen LogP contribution in [-0.2, 0) is 43.3 Å². The van der Waals surface area contributed by atoms with Gasteiger partial charge in [0.1, 0.15) is 10.8 Å². The minimum atomic E-state index is -4.32. The fourth-order valence-electron chi connectivity index (χ4n) is 23.0. The van der Waals surface area contributed by atoms with E-state index in [0.717, 1.165) is 26.3 Å². The Morgan fingerprint density at radius 2 is 0.537 bits per heavy atom. The van der Waals surface area contributed by atoms with Crippen LogP contribution in [0.4, 0.5) is 26.3 Å². The lowest BCUT2D eigenvalue weighted by Gasteiger charge is -2.30. The quantitative estimate of drug-likeness (QED) is 0.120. The van der Waals surface area contributed by atoms with E-state index >= 15 is 0 Å². The molecule has 0 heterocycles. The van der Waals surface area contributed by atoms with Gasteiger partial charge in [-0.25, -0.2) is 0 Å². The highest BCUT2D eigenvalue weighted by molar-refractivity contribution is 14.1. The number of benzene rings is 17. The molecule has 0 spiro atoms. The van der Waals surface area contributed by atoms with Gasteiger partial charge in [0.15, 0.2) is 0 Å². The Hall–Kier alpha value is -8.60. The summed E-state index contributed by atoms with van der Waals surface area (Å²) in [5.41, 5.74) is 38.1. The van der Waals surface area contributed by atoms with Gasteiger partial charge in [-0.1, -0.05) is 432 Å². The highest BCUT2D eigenvalue weighted by Gasteiger charge is 2.60. The van der Waals surface area contributed by atoms with Crippen LogP contribution in [0.25, 0.3) is 88.7 Å². The number of hydrogen-bond donors (Lipinski definition) is 0. The lowest BCUT2D eigenvalue weighted by molar-refractivity contribution is -0.172. The second-order valence-corrected chi connectivity index (χ2v) is 51.5. The van der Waals surface area contributed by atoms with Crippen LogP contribution in [0.2, 0.25) is 0 Å². The summed E-state index contributed by atoms with van der Waals surface area (Å²) in [6.45, 7) is 43.8. The molecule has 17 aromatic carbocycles. The third-order valence-corrected chi connectivity index (χ3v) is 36.5. The maximum absolute atomic E-state index is 13.6. The SMILES string of the molecule is Brc1ccc2ccccc2c1.CC(C)(C)c1ccc2c(c1)C(C)(C)c1cc(Br)ccc1-2.CC1(C(F)(F)F)c2ccccc2-c2ccc(Br)cc21.CC1(C(F)(F)F)c2ccccc2-c2ccc(Br)cc21.CC1(C)c2ccccc2-c2ccc(I)cc21.CCC1(CC)c2ccccc2-c2ccc(Br)cc21.Cc1c(C)c(C)c2c(c1C)-c1ccc(Br)cc1C2(C)C.Cc1ccc2c(c1)C(C)(C)c1cc(Br)ccc1-2.Ic1ccccc1. The summed E-state index contributed by atoms with van der Waals surface area (Å²) in [6, 6.07) is 113. The Balaban J connectivity index is 0.000000119. The molecule has 147 heavy (non-hydrogen) atoms. The summed E-state index contributed by atoms with van der Waals surface area (Å²) in [7, 11) is 0. The van der Waals surface area contributed by atoms with Gasteiger partial charge in [-0.3, -0.25) is 0 Å². The number of rotatable bonds is 2. The Bertz CT molecular complexity index is 7760. The normalized spacial score (nSPS) is 16.2. The van der Waals surface area contributed by atoms with E-state index in [1.54, 1.807) is 84.9 Å². The minimum absolute atomic E-state index is 0.0791. The lowest BCUT2D eigenvalue weighted by Crippen LogP contribution is -2.38. The molecule has 0 fully saturated rings. The van der Waals surface area contributed by atoms with Crippen molar-refractivity contribution in [2.45, 2.75) is 207 Å². The van der Waals surface area contributed by atoms with Crippen molar-refractivity contribution >= 4 is 167 Å². The molecule has 0 nitrogen and oxygen atoms in total. The molecule has 0 amide bonds. The maximum Gasteiger partial charge on any atom is 0.402 e. The molecule has 2 unspecified atom stereocenters. The Kier molecular flexibility index (Phi) is 32.6. The van der Waals surface area contributed by atoms with Crippen LogP contribution < -0.4 is 0 Å². The molecular formula is C132H119Br7F6I2. The average molecular weight is 2630 g/mol. The zero-order valence-corrected chi connectivity index (χ0v) is 102. The zero-order chi connectivity index (χ0) is 106. The number of hydrogen-bond acceptors (Lipinski definition) is 0. The van der Waals surface area contributed by atoms with E-state index in [2.05, 4.69) is 512 Å². The van der Waals surface area contributed by atoms with Crippen molar-refractivity contribution in [2.24, 2.45) is 0 Å². The van der Waals surface area contributed by atoms with E-state index in [0.29, 0.717) is 53.5 Å². The molecule has 0 aromatic heterocycles. The number of halogens is 15. The standard InChI is InChI=1S/2C19H21Br.C17H17Br.C16H15Br.2C15H10BrF3.C15H13I.C10H7Br.C6H5I/c1-10-11(2)13(4)18-17(12(10)3)15-8-7-14(20)9-16(15)19(18,5)6;1-18(2,3)12-6-8-14-15-9-7-13(20)11-17(15)19(4,5)16(14)10-12;1-3-17(4-2)15-8-6-5-7-13(15)14-10-9-12(18)11-16(14)17;1-10-4-6-12-13-7-5-11(17)9-15(13)16(2,3)14(12)8-10;2*1-14(15(17,18)19)12-5-3-2-4-10(12)11-7-6-9(16)8-13(11)14;1-15(2)13-6-4-3-5-11(13)12-8-7-10(16)9-14(12)15;11-10-6-5-8-3-1-2-4-9(8)7-10;7-6-4-2-1-3-5-6/h7-9H,1-6H3;6-11H,1-5H3;5-11H,3-4H2,1-2H3;4-9H,1-3H3;2*2-8H,1H3;3-9H,1-2H3;1-7H;1-5H. The van der Waals surface area contributed by atoms with Crippen LogP contribution >= 0.6 is 157 Å². The van der Waals surface area contributed by atoms with Crippen molar-refractivity contribution in [3.05, 3.63) is 483 Å². The monoisotopic (exact) mass is 2620 g/mol. The predicted molar refractivity (Wildman–Crippen MR) is 650 cm³/mol. The number of fused-ring (bicyclic) bond motifs is 22. The van der Waals surface area contributed by atoms with Gasteiger partial charge in [0.2, 0.25) is 0 Å². The smallest absolute Gasteiger partial charge is 0.170 e. The molecule has 15 heteroatoms. The number of alkyl halides is 6. The molecule has 0 saturated heterocycles. The molecule has 24 rings (SSSR count). The van der Waals surface area contributed by atoms with Gasteiger partial charge < -0.3 is 0 Å². The first-order chi connectivity index (χ1) is 69.3. The minimum Gasteiger partial charge on any atom is -0.170 e. The molecule has 17 aromatic rings. The van der Waals surface area contributed by atoms with Crippen molar-refractivity contribution in [2.75, 3.05) is 0 Å². The van der Waals surface area contributed by atoms with Crippen LogP contribution in [0.1, 0.15) is 228 Å². The first-order valence-electron chi connectivity index (χ1n) is 49.6. The lowest BCUT2D eigenvalue weighted by atomic mass is 9.74. The fraction of sp³-hybridized carbons (Fsp3) is 0.242. The van der Waals surface area contributed by atoms with Gasteiger partial charge in [0.05, 0.1) is 0 Å². The second-order valence-electron chi connectivity index (χ2n) is 42.6. The molecule has 7 aliphatic rings. The van der Waals surface area contributed by atoms with Crippen LogP contribution in [0, 0.1) is 41.8 Å². The van der Waals surface area contributed by atoms with Crippen LogP contribution in [0.15, 0.2) is 365 Å². The van der Waals surface area contributed by atoms with E-state index in [9.17, 15) is 26.3 Å². The van der Waals surface area contributed by atoms with Gasteiger partial charge in [0, 0.05) is 65.5 Å². The summed E-state index contributed by atoms with van der Waals surface area (Å²) in [6.07, 6.45) is -6.34. The van der Waals surface area contributed by atoms with E-state index in [1.807, 2.05) is 18.2 Å². The van der Waals surface area contributed by atoms with Crippen molar-refractivity contribution < 1.29 is 26.3 Å². The van der Waals surface area contributed by atoms with Crippen LogP contribution in [0.5, 0.6) is 0 Å². The molecule has 7 aliphatic carbocycles. The first-order valence-corrected chi connectivity index (χ1v) is 57.3.